The maximum absolute atomic E-state index is 14.4. The van der Waals surface area contributed by atoms with Gasteiger partial charge in [0.05, 0.1) is 0 Å². The molecule has 5 heteroatoms. The number of hydrogen-bond acceptors (Lipinski definition) is 3. The van der Waals surface area contributed by atoms with Crippen molar-refractivity contribution in [2.24, 2.45) is 5.41 Å². The number of aliphatic hydroxyl groups is 1. The fourth-order valence-corrected chi connectivity index (χ4v) is 3.43. The summed E-state index contributed by atoms with van der Waals surface area (Å²) in [6.45, 7) is 7.48. The number of nitrogens with one attached hydrogen (secondary N) is 1. The van der Waals surface area contributed by atoms with E-state index in [4.69, 9.17) is 0 Å². The molecule has 1 aliphatic heterocycles. The normalized spacial score (nSPS) is 19.1. The lowest BCUT2D eigenvalue weighted by molar-refractivity contribution is 0.0282. The van der Waals surface area contributed by atoms with Crippen molar-refractivity contribution in [3.63, 3.8) is 0 Å². The van der Waals surface area contributed by atoms with Gasteiger partial charge in [-0.3, -0.25) is 4.90 Å². The summed E-state index contributed by atoms with van der Waals surface area (Å²) in [5, 5.41) is 13.1. The van der Waals surface area contributed by atoms with Crippen LogP contribution in [0.4, 0.5) is 4.39 Å². The summed E-state index contributed by atoms with van der Waals surface area (Å²) in [6, 6.07) is 4.90. The van der Waals surface area contributed by atoms with Crippen molar-refractivity contribution >= 4 is 15.9 Å². The largest absolute Gasteiger partial charge is 0.396 e. The summed E-state index contributed by atoms with van der Waals surface area (Å²) in [5.41, 5.74) is 0.232. The molecule has 2 N–H and O–H groups in total. The number of aliphatic hydroxyl groups excluding tert-OH is 1. The third kappa shape index (κ3) is 3.22. The molecule has 1 fully saturated rings. The Morgan fingerprint density at radius 2 is 2.05 bits per heavy atom. The van der Waals surface area contributed by atoms with Gasteiger partial charge in [0, 0.05) is 54.3 Å². The van der Waals surface area contributed by atoms with E-state index in [2.05, 4.69) is 26.1 Å². The van der Waals surface area contributed by atoms with Gasteiger partial charge < -0.3 is 10.4 Å². The van der Waals surface area contributed by atoms with Crippen molar-refractivity contribution < 1.29 is 9.50 Å². The molecule has 0 amide bonds. The van der Waals surface area contributed by atoms with Crippen molar-refractivity contribution in [1.82, 2.24) is 10.2 Å². The maximum Gasteiger partial charge on any atom is 0.129 e. The van der Waals surface area contributed by atoms with Crippen LogP contribution in [-0.4, -0.2) is 42.8 Å². The van der Waals surface area contributed by atoms with Crippen LogP contribution in [0.1, 0.15) is 25.5 Å². The topological polar surface area (TPSA) is 35.5 Å². The van der Waals surface area contributed by atoms with E-state index in [1.807, 2.05) is 19.9 Å². The van der Waals surface area contributed by atoms with E-state index >= 15 is 0 Å². The van der Waals surface area contributed by atoms with Gasteiger partial charge in [-0.25, -0.2) is 4.39 Å². The van der Waals surface area contributed by atoms with E-state index in [9.17, 15) is 9.50 Å². The van der Waals surface area contributed by atoms with E-state index in [1.165, 1.54) is 6.07 Å². The lowest BCUT2D eigenvalue weighted by Gasteiger charge is -2.43. The number of rotatable bonds is 4. The van der Waals surface area contributed by atoms with Crippen LogP contribution in [-0.2, 0) is 0 Å². The second-order valence-electron chi connectivity index (χ2n) is 5.97. The Bertz CT molecular complexity index is 441. The van der Waals surface area contributed by atoms with Crippen LogP contribution in [0, 0.1) is 11.2 Å². The predicted octanol–water partition coefficient (Wildman–Crippen LogP) is 2.55. The minimum Gasteiger partial charge on any atom is -0.396 e. The summed E-state index contributed by atoms with van der Waals surface area (Å²) in [7, 11) is 0. The maximum atomic E-state index is 14.4. The second kappa shape index (κ2) is 6.52. The summed E-state index contributed by atoms with van der Waals surface area (Å²) in [4.78, 5) is 2.26. The van der Waals surface area contributed by atoms with Crippen LogP contribution in [0.3, 0.4) is 0 Å². The van der Waals surface area contributed by atoms with Crippen LogP contribution in [0.5, 0.6) is 0 Å². The van der Waals surface area contributed by atoms with Gasteiger partial charge in [-0.15, -0.1) is 0 Å². The first-order valence-electron chi connectivity index (χ1n) is 6.97. The summed E-state index contributed by atoms with van der Waals surface area (Å²) >= 11 is 3.47. The summed E-state index contributed by atoms with van der Waals surface area (Å²) in [5.74, 6) is -0.218. The van der Waals surface area contributed by atoms with Gasteiger partial charge in [0.1, 0.15) is 5.82 Å². The molecular weight excluding hydrogens is 323 g/mol. The van der Waals surface area contributed by atoms with Gasteiger partial charge in [0.15, 0.2) is 0 Å². The molecule has 0 spiro atoms. The molecule has 1 atom stereocenters. The Kier molecular flexibility index (Phi) is 5.18. The summed E-state index contributed by atoms with van der Waals surface area (Å²) in [6.07, 6.45) is 0. The minimum atomic E-state index is -0.415. The van der Waals surface area contributed by atoms with E-state index in [0.29, 0.717) is 5.56 Å². The molecular formula is C15H22BrFN2O. The standard InChI is InChI=1S/C15H22BrFN2O/c1-15(2,10-20)14(19-8-6-18-7-9-19)13-11(16)4-3-5-12(13)17/h3-5,14,18,20H,6-10H2,1-2H3/t14-/m1/s1. The van der Waals surface area contributed by atoms with E-state index in [-0.39, 0.29) is 18.5 Å². The molecule has 1 aromatic carbocycles. The molecule has 0 unspecified atom stereocenters. The van der Waals surface area contributed by atoms with Gasteiger partial charge >= 0.3 is 0 Å². The average molecular weight is 345 g/mol. The Morgan fingerprint density at radius 1 is 1.40 bits per heavy atom. The number of nitrogens with zero attached hydrogens (tertiary/aromatic N) is 1. The van der Waals surface area contributed by atoms with E-state index < -0.39 is 5.41 Å². The van der Waals surface area contributed by atoms with Gasteiger partial charge in [-0.2, -0.15) is 0 Å². The lowest BCUT2D eigenvalue weighted by Crippen LogP contribution is -2.50. The molecule has 0 saturated carbocycles. The van der Waals surface area contributed by atoms with Gasteiger partial charge in [-0.05, 0) is 12.1 Å². The van der Waals surface area contributed by atoms with Crippen molar-refractivity contribution in [3.05, 3.63) is 34.1 Å². The molecule has 0 aliphatic carbocycles. The van der Waals surface area contributed by atoms with Crippen LogP contribution in [0.2, 0.25) is 0 Å². The second-order valence-corrected chi connectivity index (χ2v) is 6.82. The highest BCUT2D eigenvalue weighted by Gasteiger charge is 2.38. The average Bonchev–Trinajstić information content (AvgIpc) is 2.43. The first kappa shape index (κ1) is 15.9. The predicted molar refractivity (Wildman–Crippen MR) is 82.2 cm³/mol. The molecule has 1 heterocycles. The molecule has 0 radical (unpaired) electrons. The van der Waals surface area contributed by atoms with Gasteiger partial charge in [-0.1, -0.05) is 35.8 Å². The molecule has 0 bridgehead atoms. The SMILES string of the molecule is CC(C)(CO)[C@@H](c1c(F)cccc1Br)N1CCNCC1. The Labute approximate surface area is 128 Å². The molecule has 2 rings (SSSR count). The molecule has 0 aromatic heterocycles. The fraction of sp³-hybridized carbons (Fsp3) is 0.600. The zero-order valence-electron chi connectivity index (χ0n) is 12.0. The van der Waals surface area contributed by atoms with Crippen LogP contribution < -0.4 is 5.32 Å². The third-order valence-electron chi connectivity index (χ3n) is 3.94. The molecule has 1 aliphatic rings. The van der Waals surface area contributed by atoms with Gasteiger partial charge in [0.2, 0.25) is 0 Å². The number of benzene rings is 1. The van der Waals surface area contributed by atoms with Crippen molar-refractivity contribution in [2.75, 3.05) is 32.8 Å². The number of halogens is 2. The van der Waals surface area contributed by atoms with Crippen molar-refractivity contribution in [1.29, 1.82) is 0 Å². The Balaban J connectivity index is 2.45. The van der Waals surface area contributed by atoms with Crippen LogP contribution in [0.15, 0.2) is 22.7 Å². The third-order valence-corrected chi connectivity index (χ3v) is 4.63. The first-order valence-corrected chi connectivity index (χ1v) is 7.76. The molecule has 1 aromatic rings. The highest BCUT2D eigenvalue weighted by atomic mass is 79.9. The molecule has 112 valence electrons. The number of hydrogen-bond donors (Lipinski definition) is 2. The monoisotopic (exact) mass is 344 g/mol. The van der Waals surface area contributed by atoms with Gasteiger partial charge in [0.25, 0.3) is 0 Å². The highest BCUT2D eigenvalue weighted by molar-refractivity contribution is 9.10. The zero-order chi connectivity index (χ0) is 14.8. The minimum absolute atomic E-state index is 0.0162. The van der Waals surface area contributed by atoms with Crippen molar-refractivity contribution in [2.45, 2.75) is 19.9 Å². The quantitative estimate of drug-likeness (QED) is 0.881. The van der Waals surface area contributed by atoms with E-state index in [1.54, 1.807) is 6.07 Å². The highest BCUT2D eigenvalue weighted by Crippen LogP contribution is 2.42. The van der Waals surface area contributed by atoms with Crippen LogP contribution in [0.25, 0.3) is 0 Å². The fourth-order valence-electron chi connectivity index (χ4n) is 2.87. The number of piperazine rings is 1. The summed E-state index contributed by atoms with van der Waals surface area (Å²) < 4.78 is 15.1. The zero-order valence-corrected chi connectivity index (χ0v) is 13.6. The first-order chi connectivity index (χ1) is 9.47. The van der Waals surface area contributed by atoms with Crippen molar-refractivity contribution in [3.8, 4) is 0 Å². The Hall–Kier alpha value is -0.490. The molecule has 3 nitrogen and oxygen atoms in total. The lowest BCUT2D eigenvalue weighted by atomic mass is 9.79. The van der Waals surface area contributed by atoms with Crippen LogP contribution >= 0.6 is 15.9 Å². The Morgan fingerprint density at radius 3 is 2.60 bits per heavy atom. The molecule has 1 saturated heterocycles. The smallest absolute Gasteiger partial charge is 0.129 e. The van der Waals surface area contributed by atoms with E-state index in [0.717, 1.165) is 30.7 Å². The molecule has 20 heavy (non-hydrogen) atoms.